The number of imide groups is 1. The predicted molar refractivity (Wildman–Crippen MR) is 94.7 cm³/mol. The number of anilines is 1. The molecule has 26 heavy (non-hydrogen) atoms. The Balaban J connectivity index is 1.70. The van der Waals surface area contributed by atoms with Crippen molar-refractivity contribution in [2.75, 3.05) is 11.1 Å². The average molecular weight is 372 g/mol. The predicted octanol–water partition coefficient (Wildman–Crippen LogP) is 1.68. The second-order valence-corrected chi connectivity index (χ2v) is 8.05. The number of hydrogen-bond donors (Lipinski definition) is 2. The Morgan fingerprint density at radius 2 is 1.73 bits per heavy atom. The molecule has 134 valence electrons. The van der Waals surface area contributed by atoms with E-state index in [4.69, 9.17) is 0 Å². The molecule has 0 aliphatic carbocycles. The highest BCUT2D eigenvalue weighted by Gasteiger charge is 2.29. The highest BCUT2D eigenvalue weighted by atomic mass is 32.2. The van der Waals surface area contributed by atoms with Gasteiger partial charge in [0.1, 0.15) is 0 Å². The van der Waals surface area contributed by atoms with Gasteiger partial charge in [-0.25, -0.2) is 8.42 Å². The van der Waals surface area contributed by atoms with E-state index in [0.29, 0.717) is 0 Å². The van der Waals surface area contributed by atoms with Crippen molar-refractivity contribution in [2.24, 2.45) is 0 Å². The van der Waals surface area contributed by atoms with Crippen LogP contribution < -0.4 is 10.6 Å². The van der Waals surface area contributed by atoms with E-state index in [1.807, 2.05) is 6.92 Å². The van der Waals surface area contributed by atoms with Gasteiger partial charge in [0, 0.05) is 6.42 Å². The monoisotopic (exact) mass is 372 g/mol. The van der Waals surface area contributed by atoms with Crippen LogP contribution >= 0.6 is 0 Å². The Morgan fingerprint density at radius 1 is 1.04 bits per heavy atom. The first kappa shape index (κ1) is 17.8. The molecule has 0 fully saturated rings. The fourth-order valence-electron chi connectivity index (χ4n) is 2.63. The number of rotatable bonds is 5. The van der Waals surface area contributed by atoms with Crippen LogP contribution in [0.5, 0.6) is 0 Å². The Hall–Kier alpha value is -3.00. The number of sulfone groups is 1. The molecule has 0 bridgehead atoms. The van der Waals surface area contributed by atoms with Crippen LogP contribution in [0.2, 0.25) is 0 Å². The van der Waals surface area contributed by atoms with E-state index >= 15 is 0 Å². The molecular formula is C18H16N2O5S. The largest absolute Gasteiger partial charge is 0.325 e. The summed E-state index contributed by atoms with van der Waals surface area (Å²) in [6.07, 6.45) is -0.268. The van der Waals surface area contributed by atoms with Crippen LogP contribution in [0.1, 0.15) is 32.7 Å². The summed E-state index contributed by atoms with van der Waals surface area (Å²) < 4.78 is 24.6. The van der Waals surface area contributed by atoms with Crippen molar-refractivity contribution in [3.63, 3.8) is 0 Å². The first-order chi connectivity index (χ1) is 12.3. The Bertz CT molecular complexity index is 1010. The fourth-order valence-corrected chi connectivity index (χ4v) is 3.87. The van der Waals surface area contributed by atoms with Gasteiger partial charge in [-0.3, -0.25) is 19.7 Å². The summed E-state index contributed by atoms with van der Waals surface area (Å²) in [4.78, 5) is 35.8. The van der Waals surface area contributed by atoms with Gasteiger partial charge in [0.2, 0.25) is 5.91 Å². The molecule has 2 aromatic carbocycles. The van der Waals surface area contributed by atoms with E-state index in [0.717, 1.165) is 5.56 Å². The average Bonchev–Trinajstić information content (AvgIpc) is 2.89. The number of amides is 3. The molecule has 0 spiro atoms. The molecule has 2 N–H and O–H groups in total. The molecular weight excluding hydrogens is 356 g/mol. The van der Waals surface area contributed by atoms with Crippen LogP contribution in [0, 0.1) is 6.92 Å². The second kappa shape index (κ2) is 6.72. The minimum absolute atomic E-state index is 0.0900. The smallest absolute Gasteiger partial charge is 0.261 e. The van der Waals surface area contributed by atoms with Crippen molar-refractivity contribution in [3.8, 4) is 0 Å². The van der Waals surface area contributed by atoms with Crippen LogP contribution in [0.25, 0.3) is 0 Å². The summed E-state index contributed by atoms with van der Waals surface area (Å²) in [7, 11) is -3.59. The lowest BCUT2D eigenvalue weighted by molar-refractivity contribution is -0.115. The summed E-state index contributed by atoms with van der Waals surface area (Å²) in [5.41, 5.74) is 1.39. The molecule has 0 saturated heterocycles. The van der Waals surface area contributed by atoms with Gasteiger partial charge in [0.15, 0.2) is 9.84 Å². The van der Waals surface area contributed by atoms with E-state index in [-0.39, 0.29) is 33.9 Å². The van der Waals surface area contributed by atoms with Crippen molar-refractivity contribution >= 4 is 33.2 Å². The van der Waals surface area contributed by atoms with Crippen LogP contribution in [0.3, 0.4) is 0 Å². The summed E-state index contributed by atoms with van der Waals surface area (Å²) in [5.74, 6) is -2.03. The molecule has 3 rings (SSSR count). The van der Waals surface area contributed by atoms with E-state index in [1.54, 1.807) is 12.1 Å². The topological polar surface area (TPSA) is 109 Å². The zero-order valence-corrected chi connectivity index (χ0v) is 14.7. The van der Waals surface area contributed by atoms with E-state index in [9.17, 15) is 22.8 Å². The van der Waals surface area contributed by atoms with Crippen molar-refractivity contribution in [1.29, 1.82) is 0 Å². The third-order valence-electron chi connectivity index (χ3n) is 4.02. The van der Waals surface area contributed by atoms with Crippen molar-refractivity contribution < 1.29 is 22.8 Å². The third-order valence-corrected chi connectivity index (χ3v) is 5.75. The minimum atomic E-state index is -3.59. The molecule has 8 heteroatoms. The maximum Gasteiger partial charge on any atom is 0.261 e. The second-order valence-electron chi connectivity index (χ2n) is 5.94. The van der Waals surface area contributed by atoms with Gasteiger partial charge in [0.05, 0.1) is 27.5 Å². The molecule has 1 aliphatic heterocycles. The van der Waals surface area contributed by atoms with Crippen LogP contribution in [-0.4, -0.2) is 31.9 Å². The molecule has 0 aromatic heterocycles. The number of hydrogen-bond acceptors (Lipinski definition) is 5. The first-order valence-corrected chi connectivity index (χ1v) is 9.51. The van der Waals surface area contributed by atoms with Gasteiger partial charge in [-0.15, -0.1) is 0 Å². The quantitative estimate of drug-likeness (QED) is 0.776. The number of carbonyl (C=O) groups excluding carboxylic acids is 3. The molecule has 0 atom stereocenters. The zero-order chi connectivity index (χ0) is 18.9. The Morgan fingerprint density at radius 3 is 2.42 bits per heavy atom. The van der Waals surface area contributed by atoms with Crippen molar-refractivity contribution in [1.82, 2.24) is 5.32 Å². The van der Waals surface area contributed by atoms with Gasteiger partial charge in [-0.1, -0.05) is 23.8 Å². The Kier molecular flexibility index (Phi) is 4.60. The lowest BCUT2D eigenvalue weighted by Crippen LogP contribution is -2.21. The summed E-state index contributed by atoms with van der Waals surface area (Å²) in [5, 5.41) is 4.66. The number of benzene rings is 2. The highest BCUT2D eigenvalue weighted by molar-refractivity contribution is 7.91. The highest BCUT2D eigenvalue weighted by Crippen LogP contribution is 2.24. The maximum atomic E-state index is 12.3. The molecule has 1 aliphatic rings. The zero-order valence-electron chi connectivity index (χ0n) is 13.9. The summed E-state index contributed by atoms with van der Waals surface area (Å²) in [6.45, 7) is 1.85. The van der Waals surface area contributed by atoms with Crippen LogP contribution in [0.4, 0.5) is 5.69 Å². The molecule has 0 saturated carbocycles. The van der Waals surface area contributed by atoms with E-state index in [2.05, 4.69) is 10.6 Å². The van der Waals surface area contributed by atoms with E-state index in [1.165, 1.54) is 30.3 Å². The van der Waals surface area contributed by atoms with Crippen molar-refractivity contribution in [2.45, 2.75) is 18.2 Å². The maximum absolute atomic E-state index is 12.3. The van der Waals surface area contributed by atoms with Gasteiger partial charge >= 0.3 is 0 Å². The molecule has 2 aromatic rings. The van der Waals surface area contributed by atoms with Gasteiger partial charge < -0.3 is 5.32 Å². The fraction of sp³-hybridized carbons (Fsp3) is 0.167. The Labute approximate surface area is 150 Å². The van der Waals surface area contributed by atoms with E-state index < -0.39 is 27.6 Å². The first-order valence-electron chi connectivity index (χ1n) is 7.86. The summed E-state index contributed by atoms with van der Waals surface area (Å²) in [6, 6.07) is 10.9. The lowest BCUT2D eigenvalue weighted by atomic mass is 10.1. The molecule has 3 amide bonds. The molecule has 7 nitrogen and oxygen atoms in total. The molecule has 1 heterocycles. The van der Waals surface area contributed by atoms with Gasteiger partial charge in [-0.05, 0) is 31.2 Å². The SMILES string of the molecule is Cc1ccc(S(=O)(=O)CCC(=O)Nc2cccc3c2C(=O)NC3=O)cc1. The van der Waals surface area contributed by atoms with Gasteiger partial charge in [0.25, 0.3) is 11.8 Å². The van der Waals surface area contributed by atoms with Gasteiger partial charge in [-0.2, -0.15) is 0 Å². The molecule has 0 radical (unpaired) electrons. The summed E-state index contributed by atoms with van der Waals surface area (Å²) >= 11 is 0. The number of aryl methyl sites for hydroxylation is 1. The number of nitrogens with one attached hydrogen (secondary N) is 2. The normalized spacial score (nSPS) is 13.3. The third kappa shape index (κ3) is 3.50. The standard InChI is InChI=1S/C18H16N2O5S/c1-11-5-7-12(8-6-11)26(24,25)10-9-15(21)19-14-4-2-3-13-16(14)18(23)20-17(13)22/h2-8H,9-10H2,1H3,(H,19,21)(H,20,22,23). The lowest BCUT2D eigenvalue weighted by Gasteiger charge is -2.09. The molecule has 0 unspecified atom stereocenters. The van der Waals surface area contributed by atoms with Crippen molar-refractivity contribution in [3.05, 3.63) is 59.2 Å². The number of carbonyl (C=O) groups is 3. The van der Waals surface area contributed by atoms with Crippen LogP contribution in [-0.2, 0) is 14.6 Å². The number of fused-ring (bicyclic) bond motifs is 1. The minimum Gasteiger partial charge on any atom is -0.325 e. The van der Waals surface area contributed by atoms with Crippen LogP contribution in [0.15, 0.2) is 47.4 Å².